The van der Waals surface area contributed by atoms with Crippen molar-refractivity contribution in [3.05, 3.63) is 77.7 Å². The third-order valence-electron chi connectivity index (χ3n) is 7.43. The molecule has 0 unspecified atom stereocenters. The van der Waals surface area contributed by atoms with Crippen molar-refractivity contribution in [2.75, 3.05) is 14.1 Å². The van der Waals surface area contributed by atoms with Gasteiger partial charge in [0.1, 0.15) is 0 Å². The maximum absolute atomic E-state index is 7.16. The summed E-state index contributed by atoms with van der Waals surface area (Å²) in [5.74, 6) is 1.51. The summed E-state index contributed by atoms with van der Waals surface area (Å²) in [6, 6.07) is 8.58. The van der Waals surface area contributed by atoms with Gasteiger partial charge < -0.3 is 0 Å². The first-order valence-corrected chi connectivity index (χ1v) is 16.8. The van der Waals surface area contributed by atoms with E-state index in [1.54, 1.807) is 18.8 Å². The minimum atomic E-state index is -4.88. The number of aryl methyl sites for hydroxylation is 2. The quantitative estimate of drug-likeness (QED) is 0.148. The molecule has 2 heterocycles. The van der Waals surface area contributed by atoms with Crippen molar-refractivity contribution in [3.8, 4) is 23.0 Å². The molecule has 0 saturated heterocycles. The molecule has 0 fully saturated rings. The van der Waals surface area contributed by atoms with Crippen LogP contribution in [0.5, 0.6) is 23.0 Å². The van der Waals surface area contributed by atoms with Crippen molar-refractivity contribution in [1.29, 1.82) is 0 Å². The number of nitrogens with zero attached hydrogens (tertiary/aromatic N) is 1. The molecule has 0 saturated carbocycles. The van der Waals surface area contributed by atoms with Gasteiger partial charge in [-0.15, -0.1) is 0 Å². The summed E-state index contributed by atoms with van der Waals surface area (Å²) in [4.78, 5) is 0. The molecule has 3 aromatic rings. The normalized spacial score (nSPS) is 18.0. The Labute approximate surface area is 263 Å². The molecule has 0 amide bonds. The second kappa shape index (κ2) is 9.71. The number of hydrogen-bond donors (Lipinski definition) is 0. The Balaban J connectivity index is 1.94. The maximum atomic E-state index is 7.16. The van der Waals surface area contributed by atoms with E-state index in [1.165, 1.54) is 0 Å². The van der Waals surface area contributed by atoms with Crippen LogP contribution in [0.1, 0.15) is 74.9 Å². The fourth-order valence-corrected chi connectivity index (χ4v) is 9.18. The van der Waals surface area contributed by atoms with Crippen LogP contribution >= 0.6 is 54.1 Å². The topological polar surface area (TPSA) is 40.2 Å². The Kier molecular flexibility index (Phi) is 7.31. The zero-order valence-corrected chi connectivity index (χ0v) is 29.0. The van der Waals surface area contributed by atoms with Gasteiger partial charge in [-0.2, -0.15) is 0 Å². The van der Waals surface area contributed by atoms with Crippen molar-refractivity contribution >= 4 is 54.1 Å². The molecule has 0 aliphatic carbocycles. The molecule has 5 nitrogen and oxygen atoms in total. The first-order chi connectivity index (χ1) is 18.8. The predicted molar refractivity (Wildman–Crippen MR) is 172 cm³/mol. The Morgan fingerprint density at radius 3 is 1.24 bits per heavy atom. The molecule has 222 valence electrons. The minimum absolute atomic E-state index is 0.0582. The molecular weight excluding hydrogens is 623 g/mol. The van der Waals surface area contributed by atoms with E-state index in [0.717, 1.165) is 33.4 Å². The van der Waals surface area contributed by atoms with Crippen LogP contribution < -0.4 is 18.1 Å². The van der Waals surface area contributed by atoms with Crippen molar-refractivity contribution in [3.63, 3.8) is 0 Å². The van der Waals surface area contributed by atoms with E-state index in [1.807, 2.05) is 0 Å². The fraction of sp³-hybridized carbons (Fsp3) is 0.419. The second-order valence-corrected chi connectivity index (χ2v) is 17.8. The third-order valence-corrected chi connectivity index (χ3v) is 12.5. The van der Waals surface area contributed by atoms with Crippen LogP contribution in [0.3, 0.4) is 0 Å². The van der Waals surface area contributed by atoms with Gasteiger partial charge in [0.2, 0.25) is 0 Å². The van der Waals surface area contributed by atoms with Gasteiger partial charge in [-0.05, 0) is 0 Å². The Bertz CT molecular complexity index is 1500. The molecular formula is C31H36Cl4NO4P. The molecule has 2 aliphatic heterocycles. The third kappa shape index (κ3) is 4.86. The van der Waals surface area contributed by atoms with Crippen molar-refractivity contribution in [2.24, 2.45) is 0 Å². The molecule has 3 aromatic carbocycles. The standard InChI is InChI=1S/C31H36Cl4NO4P/c1-16-11-18-15-19-12-17(2)14-21(31(6,7)8)27(19)38-41(36(9)10,37-26(18)20(13-16)30(3,4)5)39-28-24(34)22(32)23(33)25(35)29(28)40-41/h11-14H,15H2,1-10H3. The van der Waals surface area contributed by atoms with Crippen LogP contribution in [0.15, 0.2) is 24.3 Å². The Morgan fingerprint density at radius 2 is 0.927 bits per heavy atom. The summed E-state index contributed by atoms with van der Waals surface area (Å²) in [6.45, 7) is 17.1. The van der Waals surface area contributed by atoms with Crippen LogP contribution in [0.25, 0.3) is 0 Å². The molecule has 0 aromatic heterocycles. The van der Waals surface area contributed by atoms with Gasteiger partial charge >= 0.3 is 264 Å². The molecule has 0 N–H and O–H groups in total. The van der Waals surface area contributed by atoms with Crippen LogP contribution in [-0.2, 0) is 17.3 Å². The van der Waals surface area contributed by atoms with Gasteiger partial charge in [0.05, 0.1) is 0 Å². The van der Waals surface area contributed by atoms with E-state index in [-0.39, 0.29) is 42.4 Å². The van der Waals surface area contributed by atoms with Gasteiger partial charge in [0.25, 0.3) is 0 Å². The van der Waals surface area contributed by atoms with Crippen LogP contribution in [0.4, 0.5) is 0 Å². The average Bonchev–Trinajstić information content (AvgIpc) is 3.20. The van der Waals surface area contributed by atoms with Crippen molar-refractivity contribution in [2.45, 2.75) is 72.6 Å². The first-order valence-electron chi connectivity index (χ1n) is 13.4. The average molecular weight is 659 g/mol. The second-order valence-electron chi connectivity index (χ2n) is 13.2. The summed E-state index contributed by atoms with van der Waals surface area (Å²) in [7, 11) is -1.28. The predicted octanol–water partition coefficient (Wildman–Crippen LogP) is 11.0. The van der Waals surface area contributed by atoms with E-state index in [4.69, 9.17) is 64.5 Å². The first kappa shape index (κ1) is 30.9. The summed E-state index contributed by atoms with van der Waals surface area (Å²) >= 11 is 26.4. The number of rotatable bonds is 1. The van der Waals surface area contributed by atoms with Gasteiger partial charge in [-0.25, -0.2) is 0 Å². The fourth-order valence-electron chi connectivity index (χ4n) is 5.30. The summed E-state index contributed by atoms with van der Waals surface area (Å²) in [6.07, 6.45) is 0.590. The van der Waals surface area contributed by atoms with Gasteiger partial charge in [0.15, 0.2) is 0 Å². The van der Waals surface area contributed by atoms with Gasteiger partial charge in [-0.1, -0.05) is 0 Å². The molecule has 10 heteroatoms. The number of fused-ring (bicyclic) bond motifs is 3. The molecule has 41 heavy (non-hydrogen) atoms. The summed E-state index contributed by atoms with van der Waals surface area (Å²) < 4.78 is 29.7. The summed E-state index contributed by atoms with van der Waals surface area (Å²) in [5.41, 5.74) is 5.65. The summed E-state index contributed by atoms with van der Waals surface area (Å²) in [5, 5.41) is 0.244. The van der Waals surface area contributed by atoms with Gasteiger partial charge in [-0.3, -0.25) is 0 Å². The Morgan fingerprint density at radius 1 is 0.585 bits per heavy atom. The van der Waals surface area contributed by atoms with E-state index >= 15 is 0 Å². The van der Waals surface area contributed by atoms with Gasteiger partial charge in [0, 0.05) is 0 Å². The van der Waals surface area contributed by atoms with Crippen LogP contribution in [0.2, 0.25) is 20.1 Å². The Hall–Kier alpha value is -1.59. The number of benzene rings is 3. The van der Waals surface area contributed by atoms with Crippen molar-refractivity contribution in [1.82, 2.24) is 4.67 Å². The molecule has 0 atom stereocenters. The van der Waals surface area contributed by atoms with E-state index < -0.39 is 7.66 Å². The molecule has 2 aliphatic rings. The molecule has 5 rings (SSSR count). The van der Waals surface area contributed by atoms with Crippen LogP contribution in [-0.4, -0.2) is 18.8 Å². The monoisotopic (exact) mass is 657 g/mol. The SMILES string of the molecule is Cc1cc2c(c(C(C)(C)C)c1)OP1(N(C)C)(Oc3c(cc(C)cc3C(C)(C)C)C2)Oc2c(Cl)c(Cl)c(Cl)c(Cl)c2O1. The van der Waals surface area contributed by atoms with E-state index in [2.05, 4.69) is 79.7 Å². The molecule has 0 bridgehead atoms. The van der Waals surface area contributed by atoms with Crippen molar-refractivity contribution < 1.29 is 18.1 Å². The van der Waals surface area contributed by atoms with E-state index in [9.17, 15) is 0 Å². The zero-order chi connectivity index (χ0) is 30.5. The number of hydrogen-bond acceptors (Lipinski definition) is 5. The molecule has 1 spiro atoms. The number of halogens is 4. The van der Waals surface area contributed by atoms with Crippen LogP contribution in [0, 0.1) is 13.8 Å². The molecule has 0 radical (unpaired) electrons. The van der Waals surface area contributed by atoms with E-state index in [0.29, 0.717) is 17.9 Å². The zero-order valence-electron chi connectivity index (χ0n) is 25.1.